The van der Waals surface area contributed by atoms with Gasteiger partial charge in [0.1, 0.15) is 11.6 Å². The van der Waals surface area contributed by atoms with Crippen LogP contribution in [0.4, 0.5) is 0 Å². The van der Waals surface area contributed by atoms with Crippen LogP contribution in [0.25, 0.3) is 0 Å². The maximum absolute atomic E-state index is 13.4. The van der Waals surface area contributed by atoms with E-state index in [1.165, 1.54) is 16.7 Å². The van der Waals surface area contributed by atoms with Gasteiger partial charge in [0.05, 0.1) is 0 Å². The van der Waals surface area contributed by atoms with Crippen LogP contribution in [-0.4, -0.2) is 36.2 Å². The van der Waals surface area contributed by atoms with Crippen molar-refractivity contribution in [2.24, 2.45) is 22.7 Å². The second-order valence-electron chi connectivity index (χ2n) is 10.6. The van der Waals surface area contributed by atoms with Crippen LogP contribution < -0.4 is 0 Å². The minimum absolute atomic E-state index is 0. The fourth-order valence-electron chi connectivity index (χ4n) is 6.22. The summed E-state index contributed by atoms with van der Waals surface area (Å²) in [5, 5.41) is 0. The molecule has 0 N–H and O–H groups in total. The molecule has 1 aliphatic carbocycles. The van der Waals surface area contributed by atoms with E-state index >= 15 is 0 Å². The SMILES string of the molecule is CC(C)CN=C(Cc1ccccc1)N1CC2C(=O)CCC(c3ccccc3)(c3ccccc3)C2C1.I. The van der Waals surface area contributed by atoms with Gasteiger partial charge in [-0.25, -0.2) is 0 Å². The average molecular weight is 593 g/mol. The monoisotopic (exact) mass is 592 g/mol. The number of Topliss-reactive ketones (excluding diaryl/α,β-unsaturated/α-hetero) is 1. The van der Waals surface area contributed by atoms with Gasteiger partial charge in [-0.15, -0.1) is 24.0 Å². The molecule has 2 fully saturated rings. The van der Waals surface area contributed by atoms with Gasteiger partial charge < -0.3 is 4.90 Å². The van der Waals surface area contributed by atoms with Crippen molar-refractivity contribution in [3.05, 3.63) is 108 Å². The van der Waals surface area contributed by atoms with Crippen LogP contribution in [0.15, 0.2) is 96.0 Å². The summed E-state index contributed by atoms with van der Waals surface area (Å²) in [5.74, 6) is 2.31. The number of likely N-dealkylation sites (tertiary alicyclic amines) is 1. The van der Waals surface area contributed by atoms with E-state index in [0.29, 0.717) is 18.1 Å². The predicted octanol–water partition coefficient (Wildman–Crippen LogP) is 6.80. The van der Waals surface area contributed by atoms with Crippen molar-refractivity contribution in [2.45, 2.75) is 38.5 Å². The summed E-state index contributed by atoms with van der Waals surface area (Å²) in [7, 11) is 0. The molecule has 3 aromatic carbocycles. The van der Waals surface area contributed by atoms with Gasteiger partial charge in [0.25, 0.3) is 0 Å². The molecule has 0 spiro atoms. The molecule has 3 aromatic rings. The maximum atomic E-state index is 13.4. The summed E-state index contributed by atoms with van der Waals surface area (Å²) in [6, 6.07) is 32.4. The van der Waals surface area contributed by atoms with Gasteiger partial charge in [0.15, 0.2) is 0 Å². The van der Waals surface area contributed by atoms with Crippen LogP contribution in [0.1, 0.15) is 43.4 Å². The second kappa shape index (κ2) is 11.7. The number of nitrogens with zero attached hydrogens (tertiary/aromatic N) is 2. The first kappa shape index (κ1) is 26.6. The van der Waals surface area contributed by atoms with Gasteiger partial charge >= 0.3 is 0 Å². The summed E-state index contributed by atoms with van der Waals surface area (Å²) in [5.41, 5.74) is 3.78. The van der Waals surface area contributed by atoms with Crippen LogP contribution in [-0.2, 0) is 16.6 Å². The molecule has 188 valence electrons. The first-order chi connectivity index (χ1) is 17.1. The van der Waals surface area contributed by atoms with Crippen LogP contribution >= 0.6 is 24.0 Å². The van der Waals surface area contributed by atoms with E-state index in [9.17, 15) is 4.79 Å². The Morgan fingerprint density at radius 3 is 2.00 bits per heavy atom. The number of halogens is 1. The van der Waals surface area contributed by atoms with Gasteiger partial charge in [0.2, 0.25) is 0 Å². The van der Waals surface area contributed by atoms with Crippen molar-refractivity contribution in [3.8, 4) is 0 Å². The number of hydrogen-bond donors (Lipinski definition) is 0. The molecule has 2 aliphatic rings. The maximum Gasteiger partial charge on any atom is 0.138 e. The van der Waals surface area contributed by atoms with Gasteiger partial charge in [-0.05, 0) is 29.0 Å². The summed E-state index contributed by atoms with van der Waals surface area (Å²) in [6.45, 7) is 6.88. The number of rotatable bonds is 6. The van der Waals surface area contributed by atoms with E-state index in [1.54, 1.807) is 0 Å². The Balaban J connectivity index is 0.00000304. The molecular weight excluding hydrogens is 555 g/mol. The minimum atomic E-state index is -0.161. The highest BCUT2D eigenvalue weighted by Crippen LogP contribution is 2.52. The van der Waals surface area contributed by atoms with Crippen molar-refractivity contribution in [1.29, 1.82) is 0 Å². The van der Waals surface area contributed by atoms with E-state index < -0.39 is 0 Å². The Hall–Kier alpha value is -2.47. The summed E-state index contributed by atoms with van der Waals surface area (Å²) < 4.78 is 0. The molecule has 4 heteroatoms. The first-order valence-corrected chi connectivity index (χ1v) is 13.0. The van der Waals surface area contributed by atoms with Gasteiger partial charge in [-0.2, -0.15) is 0 Å². The van der Waals surface area contributed by atoms with E-state index in [2.05, 4.69) is 110 Å². The Morgan fingerprint density at radius 1 is 0.889 bits per heavy atom. The lowest BCUT2D eigenvalue weighted by Gasteiger charge is -2.45. The number of ketones is 1. The number of carbonyl (C=O) groups excluding carboxylic acids is 1. The zero-order chi connectivity index (χ0) is 24.3. The molecule has 0 bridgehead atoms. The first-order valence-electron chi connectivity index (χ1n) is 13.0. The van der Waals surface area contributed by atoms with Crippen LogP contribution in [0, 0.1) is 17.8 Å². The fourth-order valence-corrected chi connectivity index (χ4v) is 6.22. The number of benzene rings is 3. The molecule has 1 saturated heterocycles. The standard InChI is InChI=1S/C32H36N2O.HI/c1-24(2)21-33-31(20-25-12-6-3-7-13-25)34-22-28-29(23-34)32(19-18-30(28)35,26-14-8-4-9-15-26)27-16-10-5-11-17-27;/h3-17,24,28-29H,18-23H2,1-2H3;1H. The predicted molar refractivity (Wildman–Crippen MR) is 159 cm³/mol. The van der Waals surface area contributed by atoms with Gasteiger partial charge in [-0.3, -0.25) is 9.79 Å². The minimum Gasteiger partial charge on any atom is -0.359 e. The molecular formula is C32H37IN2O. The molecule has 3 nitrogen and oxygen atoms in total. The zero-order valence-electron chi connectivity index (χ0n) is 21.3. The number of amidine groups is 1. The van der Waals surface area contributed by atoms with Gasteiger partial charge in [-0.1, -0.05) is 105 Å². The van der Waals surface area contributed by atoms with Crippen molar-refractivity contribution >= 4 is 35.6 Å². The Kier molecular flexibility index (Phi) is 8.66. The molecule has 5 rings (SSSR count). The molecule has 0 amide bonds. The van der Waals surface area contributed by atoms with Gasteiger partial charge in [0, 0.05) is 49.7 Å². The zero-order valence-corrected chi connectivity index (χ0v) is 23.7. The van der Waals surface area contributed by atoms with Crippen molar-refractivity contribution in [1.82, 2.24) is 4.90 Å². The molecule has 1 aliphatic heterocycles. The topological polar surface area (TPSA) is 32.7 Å². The molecule has 0 radical (unpaired) electrons. The van der Waals surface area contributed by atoms with Crippen LogP contribution in [0.2, 0.25) is 0 Å². The lowest BCUT2D eigenvalue weighted by molar-refractivity contribution is -0.126. The third-order valence-electron chi connectivity index (χ3n) is 7.92. The highest BCUT2D eigenvalue weighted by atomic mass is 127. The van der Waals surface area contributed by atoms with Crippen molar-refractivity contribution < 1.29 is 4.79 Å². The summed E-state index contributed by atoms with van der Waals surface area (Å²) in [6.07, 6.45) is 2.31. The third-order valence-corrected chi connectivity index (χ3v) is 7.92. The molecule has 1 saturated carbocycles. The number of fused-ring (bicyclic) bond motifs is 1. The number of aliphatic imine (C=N–C) groups is 1. The fraction of sp³-hybridized carbons (Fsp3) is 0.375. The lowest BCUT2D eigenvalue weighted by atomic mass is 9.56. The number of carbonyl (C=O) groups is 1. The smallest absolute Gasteiger partial charge is 0.138 e. The van der Waals surface area contributed by atoms with E-state index in [0.717, 1.165) is 38.3 Å². The average Bonchev–Trinajstić information content (AvgIpc) is 3.35. The van der Waals surface area contributed by atoms with Crippen molar-refractivity contribution in [3.63, 3.8) is 0 Å². The Morgan fingerprint density at radius 2 is 1.44 bits per heavy atom. The number of hydrogen-bond acceptors (Lipinski definition) is 2. The summed E-state index contributed by atoms with van der Waals surface area (Å²) in [4.78, 5) is 20.9. The van der Waals surface area contributed by atoms with E-state index in [4.69, 9.17) is 4.99 Å². The molecule has 0 aromatic heterocycles. The molecule has 36 heavy (non-hydrogen) atoms. The summed E-state index contributed by atoms with van der Waals surface area (Å²) >= 11 is 0. The highest BCUT2D eigenvalue weighted by Gasteiger charge is 2.54. The van der Waals surface area contributed by atoms with Crippen LogP contribution in [0.3, 0.4) is 0 Å². The quantitative estimate of drug-likeness (QED) is 0.179. The molecule has 2 unspecified atom stereocenters. The highest BCUT2D eigenvalue weighted by molar-refractivity contribution is 14.0. The van der Waals surface area contributed by atoms with E-state index in [-0.39, 0.29) is 41.2 Å². The second-order valence-corrected chi connectivity index (χ2v) is 10.6. The molecule has 1 heterocycles. The normalized spacial score (nSPS) is 21.2. The Bertz CT molecular complexity index is 1120. The largest absolute Gasteiger partial charge is 0.359 e. The lowest BCUT2D eigenvalue weighted by Crippen LogP contribution is -2.47. The molecule has 2 atom stereocenters. The third kappa shape index (κ3) is 5.29. The van der Waals surface area contributed by atoms with Crippen molar-refractivity contribution in [2.75, 3.05) is 19.6 Å². The van der Waals surface area contributed by atoms with E-state index in [1.807, 2.05) is 0 Å². The van der Waals surface area contributed by atoms with Crippen LogP contribution in [0.5, 0.6) is 0 Å². The Labute approximate surface area is 233 Å².